The Morgan fingerprint density at radius 1 is 0.906 bits per heavy atom. The molecule has 0 rings (SSSR count). The number of aliphatic hydroxyl groups is 1. The number of aliphatic hydroxyl groups excluding tert-OH is 1. The van der Waals surface area contributed by atoms with Crippen molar-refractivity contribution in [3.63, 3.8) is 0 Å². The molecule has 0 saturated heterocycles. The van der Waals surface area contributed by atoms with Crippen LogP contribution in [0.1, 0.15) is 39.5 Å². The molecule has 13 heteroatoms. The minimum atomic E-state index is -1.41. The van der Waals surface area contributed by atoms with Crippen LogP contribution >= 0.6 is 11.8 Å². The van der Waals surface area contributed by atoms with Crippen molar-refractivity contribution in [1.82, 2.24) is 16.0 Å². The van der Waals surface area contributed by atoms with Gasteiger partial charge in [0.1, 0.15) is 18.1 Å². The summed E-state index contributed by atoms with van der Waals surface area (Å²) in [6, 6.07) is -4.70. The first-order chi connectivity index (χ1) is 14.9. The van der Waals surface area contributed by atoms with Crippen LogP contribution in [0, 0.1) is 5.92 Å². The number of carbonyl (C=O) groups excluding carboxylic acids is 4. The first kappa shape index (κ1) is 29.6. The lowest BCUT2D eigenvalue weighted by molar-refractivity contribution is -0.143. The van der Waals surface area contributed by atoms with Gasteiger partial charge in [0.15, 0.2) is 0 Å². The van der Waals surface area contributed by atoms with E-state index in [1.807, 2.05) is 0 Å². The molecule has 12 nitrogen and oxygen atoms in total. The SMILES string of the molecule is CSCCC(NC(=O)C(N)CCC(N)=O)C(=O)NC(CO)C(=O)NC(CC(C)C)C(=O)O. The van der Waals surface area contributed by atoms with Crippen LogP contribution < -0.4 is 27.4 Å². The van der Waals surface area contributed by atoms with E-state index in [2.05, 4.69) is 16.0 Å². The second kappa shape index (κ2) is 15.4. The van der Waals surface area contributed by atoms with E-state index in [9.17, 15) is 34.2 Å². The standard InChI is InChI=1S/C19H35N5O7S/c1-10(2)8-13(19(30)31)23-18(29)14(9-25)24-17(28)12(6-7-32-3)22-16(27)11(20)4-5-15(21)26/h10-14,25H,4-9,20H2,1-3H3,(H2,21,26)(H,22,27)(H,23,29)(H,24,28)(H,30,31). The van der Waals surface area contributed by atoms with Gasteiger partial charge >= 0.3 is 5.97 Å². The van der Waals surface area contributed by atoms with Crippen LogP contribution in [0.2, 0.25) is 0 Å². The number of thioether (sulfide) groups is 1. The molecule has 184 valence electrons. The van der Waals surface area contributed by atoms with Crippen molar-refractivity contribution in [2.24, 2.45) is 17.4 Å². The summed E-state index contributed by atoms with van der Waals surface area (Å²) in [6.07, 6.45) is 2.10. The van der Waals surface area contributed by atoms with Gasteiger partial charge in [0.05, 0.1) is 12.6 Å². The summed E-state index contributed by atoms with van der Waals surface area (Å²) in [4.78, 5) is 59.6. The van der Waals surface area contributed by atoms with Crippen LogP contribution in [0.5, 0.6) is 0 Å². The summed E-state index contributed by atoms with van der Waals surface area (Å²) >= 11 is 1.43. The molecule has 0 radical (unpaired) electrons. The van der Waals surface area contributed by atoms with Gasteiger partial charge in [0, 0.05) is 6.42 Å². The lowest BCUT2D eigenvalue weighted by Gasteiger charge is -2.24. The summed E-state index contributed by atoms with van der Waals surface area (Å²) in [5.74, 6) is -3.62. The van der Waals surface area contributed by atoms with Crippen molar-refractivity contribution in [3.05, 3.63) is 0 Å². The average molecular weight is 478 g/mol. The second-order valence-corrected chi connectivity index (χ2v) is 8.71. The highest BCUT2D eigenvalue weighted by Crippen LogP contribution is 2.06. The number of carbonyl (C=O) groups is 5. The number of carboxylic acid groups (broad SMARTS) is 1. The molecule has 0 aliphatic rings. The number of carboxylic acids is 1. The fourth-order valence-electron chi connectivity index (χ4n) is 2.64. The molecular weight excluding hydrogens is 442 g/mol. The highest BCUT2D eigenvalue weighted by Gasteiger charge is 2.30. The van der Waals surface area contributed by atoms with Crippen molar-refractivity contribution in [3.8, 4) is 0 Å². The van der Waals surface area contributed by atoms with Crippen LogP contribution in [-0.2, 0) is 24.0 Å². The Morgan fingerprint density at radius 2 is 1.44 bits per heavy atom. The smallest absolute Gasteiger partial charge is 0.326 e. The molecule has 32 heavy (non-hydrogen) atoms. The zero-order valence-corrected chi connectivity index (χ0v) is 19.4. The van der Waals surface area contributed by atoms with Crippen molar-refractivity contribution >= 4 is 41.4 Å². The molecule has 0 aromatic heterocycles. The van der Waals surface area contributed by atoms with Crippen molar-refractivity contribution in [2.45, 2.75) is 63.7 Å². The molecule has 0 aromatic carbocycles. The third kappa shape index (κ3) is 11.9. The van der Waals surface area contributed by atoms with E-state index in [0.717, 1.165) is 0 Å². The van der Waals surface area contributed by atoms with Gasteiger partial charge in [-0.3, -0.25) is 19.2 Å². The number of nitrogens with one attached hydrogen (secondary N) is 3. The van der Waals surface area contributed by atoms with E-state index >= 15 is 0 Å². The van der Waals surface area contributed by atoms with Gasteiger partial charge < -0.3 is 37.6 Å². The molecule has 0 aromatic rings. The predicted octanol–water partition coefficient (Wildman–Crippen LogP) is -2.09. The highest BCUT2D eigenvalue weighted by molar-refractivity contribution is 7.98. The summed E-state index contributed by atoms with van der Waals surface area (Å²) in [5.41, 5.74) is 10.8. The number of nitrogens with two attached hydrogens (primary N) is 2. The minimum Gasteiger partial charge on any atom is -0.480 e. The molecule has 9 N–H and O–H groups in total. The van der Waals surface area contributed by atoms with Gasteiger partial charge in [-0.1, -0.05) is 13.8 Å². The van der Waals surface area contributed by atoms with Gasteiger partial charge in [-0.15, -0.1) is 0 Å². The number of hydrogen-bond acceptors (Lipinski definition) is 8. The van der Waals surface area contributed by atoms with Crippen LogP contribution in [0.15, 0.2) is 0 Å². The summed E-state index contributed by atoms with van der Waals surface area (Å²) in [7, 11) is 0. The van der Waals surface area contributed by atoms with Gasteiger partial charge in [-0.25, -0.2) is 4.79 Å². The maximum absolute atomic E-state index is 12.7. The van der Waals surface area contributed by atoms with Gasteiger partial charge in [-0.2, -0.15) is 11.8 Å². The quantitative estimate of drug-likeness (QED) is 0.129. The third-order valence-electron chi connectivity index (χ3n) is 4.42. The largest absolute Gasteiger partial charge is 0.480 e. The highest BCUT2D eigenvalue weighted by atomic mass is 32.2. The Bertz CT molecular complexity index is 662. The van der Waals surface area contributed by atoms with E-state index in [4.69, 9.17) is 11.5 Å². The first-order valence-corrected chi connectivity index (χ1v) is 11.6. The molecule has 0 saturated carbocycles. The number of aliphatic carboxylic acids is 1. The van der Waals surface area contributed by atoms with Gasteiger partial charge in [0.2, 0.25) is 23.6 Å². The van der Waals surface area contributed by atoms with Crippen LogP contribution in [0.3, 0.4) is 0 Å². The van der Waals surface area contributed by atoms with E-state index in [1.165, 1.54) is 11.8 Å². The molecule has 0 aliphatic heterocycles. The van der Waals surface area contributed by atoms with E-state index in [0.29, 0.717) is 5.75 Å². The number of hydrogen-bond donors (Lipinski definition) is 7. The lowest BCUT2D eigenvalue weighted by atomic mass is 10.0. The number of rotatable bonds is 16. The van der Waals surface area contributed by atoms with Crippen LogP contribution in [0.25, 0.3) is 0 Å². The zero-order valence-electron chi connectivity index (χ0n) is 18.6. The summed E-state index contributed by atoms with van der Waals surface area (Å²) < 4.78 is 0. The Hall–Kier alpha value is -2.38. The van der Waals surface area contributed by atoms with Crippen LogP contribution in [-0.4, -0.2) is 82.6 Å². The molecular formula is C19H35N5O7S. The Labute approximate surface area is 191 Å². The molecule has 4 atom stereocenters. The first-order valence-electron chi connectivity index (χ1n) is 10.2. The molecule has 0 aliphatic carbocycles. The number of primary amides is 1. The van der Waals surface area contributed by atoms with Crippen LogP contribution in [0.4, 0.5) is 0 Å². The second-order valence-electron chi connectivity index (χ2n) is 7.73. The summed E-state index contributed by atoms with van der Waals surface area (Å²) in [5, 5.41) is 25.9. The fraction of sp³-hybridized carbons (Fsp3) is 0.737. The predicted molar refractivity (Wildman–Crippen MR) is 119 cm³/mol. The molecule has 0 heterocycles. The van der Waals surface area contributed by atoms with E-state index < -0.39 is 60.4 Å². The fourth-order valence-corrected chi connectivity index (χ4v) is 3.12. The maximum Gasteiger partial charge on any atom is 0.326 e. The minimum absolute atomic E-state index is 0.00608. The van der Waals surface area contributed by atoms with Crippen molar-refractivity contribution < 1.29 is 34.2 Å². The van der Waals surface area contributed by atoms with E-state index in [-0.39, 0.29) is 31.6 Å². The Kier molecular flexibility index (Phi) is 14.3. The molecule has 0 spiro atoms. The Balaban J connectivity index is 5.17. The van der Waals surface area contributed by atoms with E-state index in [1.54, 1.807) is 20.1 Å². The topological polar surface area (TPSA) is 214 Å². The molecule has 0 fully saturated rings. The van der Waals surface area contributed by atoms with Crippen molar-refractivity contribution in [2.75, 3.05) is 18.6 Å². The van der Waals surface area contributed by atoms with Crippen molar-refractivity contribution in [1.29, 1.82) is 0 Å². The average Bonchev–Trinajstić information content (AvgIpc) is 2.71. The third-order valence-corrected chi connectivity index (χ3v) is 5.06. The molecule has 4 unspecified atom stereocenters. The lowest BCUT2D eigenvalue weighted by Crippen LogP contribution is -2.58. The zero-order chi connectivity index (χ0) is 24.8. The normalized spacial score (nSPS) is 14.7. The van der Waals surface area contributed by atoms with Gasteiger partial charge in [-0.05, 0) is 37.2 Å². The maximum atomic E-state index is 12.7. The number of amides is 4. The molecule has 4 amide bonds. The monoisotopic (exact) mass is 477 g/mol. The molecule has 0 bridgehead atoms. The Morgan fingerprint density at radius 3 is 1.91 bits per heavy atom. The van der Waals surface area contributed by atoms with Gasteiger partial charge in [0.25, 0.3) is 0 Å². The summed E-state index contributed by atoms with van der Waals surface area (Å²) in [6.45, 7) is 2.81.